The molecule has 0 aliphatic heterocycles. The molecule has 2 aromatic rings. The maximum Gasteiger partial charge on any atom is 0.137 e. The lowest BCUT2D eigenvalue weighted by atomic mass is 9.93. The van der Waals surface area contributed by atoms with Gasteiger partial charge in [-0.3, -0.25) is 0 Å². The van der Waals surface area contributed by atoms with Crippen molar-refractivity contribution in [1.29, 1.82) is 0 Å². The average molecular weight is 358 g/mol. The van der Waals surface area contributed by atoms with Crippen molar-refractivity contribution in [1.82, 2.24) is 4.98 Å². The van der Waals surface area contributed by atoms with E-state index in [0.717, 1.165) is 10.7 Å². The van der Waals surface area contributed by atoms with Crippen LogP contribution in [0.25, 0.3) is 0 Å². The number of rotatable bonds is 3. The molecular formula is C15H17BrFNOS. The van der Waals surface area contributed by atoms with Crippen molar-refractivity contribution < 1.29 is 9.50 Å². The quantitative estimate of drug-likeness (QED) is 0.869. The first-order valence-corrected chi connectivity index (χ1v) is 8.02. The predicted octanol–water partition coefficient (Wildman–Crippen LogP) is 4.62. The molecule has 20 heavy (non-hydrogen) atoms. The Morgan fingerprint density at radius 2 is 2.10 bits per heavy atom. The number of nitrogens with zero attached hydrogens (tertiary/aromatic N) is 1. The second kappa shape index (κ2) is 5.92. The number of halogens is 2. The van der Waals surface area contributed by atoms with Crippen LogP contribution in [-0.2, 0) is 11.8 Å². The Morgan fingerprint density at radius 3 is 2.65 bits per heavy atom. The molecule has 0 saturated carbocycles. The third kappa shape index (κ3) is 3.65. The first-order valence-electron chi connectivity index (χ1n) is 6.35. The molecule has 0 bridgehead atoms. The number of thiazole rings is 1. The second-order valence-corrected chi connectivity index (χ2v) is 7.57. The van der Waals surface area contributed by atoms with Gasteiger partial charge in [-0.15, -0.1) is 11.3 Å². The molecule has 5 heteroatoms. The van der Waals surface area contributed by atoms with Gasteiger partial charge in [0.05, 0.1) is 21.3 Å². The zero-order valence-electron chi connectivity index (χ0n) is 11.7. The van der Waals surface area contributed by atoms with Crippen LogP contribution >= 0.6 is 27.3 Å². The molecule has 2 nitrogen and oxygen atoms in total. The van der Waals surface area contributed by atoms with Crippen LogP contribution in [0.3, 0.4) is 0 Å². The summed E-state index contributed by atoms with van der Waals surface area (Å²) in [5.74, 6) is -0.329. The topological polar surface area (TPSA) is 33.1 Å². The standard InChI is InChI=1S/C15H17BrFNOS/c1-15(2,3)13-8-20-14(18-13)7-12(19)9-4-5-11(17)10(16)6-9/h4-6,8,12,19H,7H2,1-3H3. The van der Waals surface area contributed by atoms with Crippen molar-refractivity contribution in [3.05, 3.63) is 50.1 Å². The van der Waals surface area contributed by atoms with Crippen molar-refractivity contribution in [2.24, 2.45) is 0 Å². The molecule has 0 aliphatic rings. The average Bonchev–Trinajstić information content (AvgIpc) is 2.81. The summed E-state index contributed by atoms with van der Waals surface area (Å²) in [7, 11) is 0. The molecule has 1 heterocycles. The van der Waals surface area contributed by atoms with Gasteiger partial charge < -0.3 is 5.11 Å². The van der Waals surface area contributed by atoms with Crippen molar-refractivity contribution in [3.8, 4) is 0 Å². The number of benzene rings is 1. The lowest BCUT2D eigenvalue weighted by Crippen LogP contribution is -2.12. The first-order chi connectivity index (χ1) is 9.27. The van der Waals surface area contributed by atoms with Crippen molar-refractivity contribution >= 4 is 27.3 Å². The summed E-state index contributed by atoms with van der Waals surface area (Å²) >= 11 is 4.68. The van der Waals surface area contributed by atoms with Gasteiger partial charge in [-0.1, -0.05) is 26.8 Å². The summed E-state index contributed by atoms with van der Waals surface area (Å²) in [6, 6.07) is 4.56. The maximum absolute atomic E-state index is 13.2. The van der Waals surface area contributed by atoms with Gasteiger partial charge in [0.1, 0.15) is 5.82 Å². The van der Waals surface area contributed by atoms with E-state index in [1.807, 2.05) is 5.38 Å². The molecule has 0 radical (unpaired) electrons. The SMILES string of the molecule is CC(C)(C)c1csc(CC(O)c2ccc(F)c(Br)c2)n1. The molecule has 0 aliphatic carbocycles. The van der Waals surface area contributed by atoms with E-state index in [0.29, 0.717) is 16.5 Å². The molecule has 1 aromatic carbocycles. The minimum atomic E-state index is -0.675. The highest BCUT2D eigenvalue weighted by molar-refractivity contribution is 9.10. The van der Waals surface area contributed by atoms with E-state index in [9.17, 15) is 9.50 Å². The normalized spacial score (nSPS) is 13.5. The summed E-state index contributed by atoms with van der Waals surface area (Å²) in [6.07, 6.45) is -0.232. The number of hydrogen-bond donors (Lipinski definition) is 1. The van der Waals surface area contributed by atoms with Gasteiger partial charge in [0.15, 0.2) is 0 Å². The Kier molecular flexibility index (Phi) is 4.62. The van der Waals surface area contributed by atoms with E-state index in [1.54, 1.807) is 23.5 Å². The van der Waals surface area contributed by atoms with Crippen LogP contribution in [0.2, 0.25) is 0 Å². The van der Waals surface area contributed by atoms with Crippen LogP contribution in [0.15, 0.2) is 28.1 Å². The minimum absolute atomic E-state index is 0.0125. The van der Waals surface area contributed by atoms with Gasteiger partial charge in [0.2, 0.25) is 0 Å². The van der Waals surface area contributed by atoms with E-state index in [1.165, 1.54) is 6.07 Å². The Labute approximate surface area is 130 Å². The Bertz CT molecular complexity index is 606. The van der Waals surface area contributed by atoms with Crippen LogP contribution in [0.4, 0.5) is 4.39 Å². The van der Waals surface area contributed by atoms with Crippen molar-refractivity contribution in [3.63, 3.8) is 0 Å². The monoisotopic (exact) mass is 357 g/mol. The summed E-state index contributed by atoms with van der Waals surface area (Å²) < 4.78 is 13.5. The zero-order valence-corrected chi connectivity index (χ0v) is 14.1. The molecule has 108 valence electrons. The fourth-order valence-electron chi connectivity index (χ4n) is 1.75. The predicted molar refractivity (Wildman–Crippen MR) is 83.6 cm³/mol. The highest BCUT2D eigenvalue weighted by Crippen LogP contribution is 2.28. The van der Waals surface area contributed by atoms with Gasteiger partial charge >= 0.3 is 0 Å². The van der Waals surface area contributed by atoms with E-state index < -0.39 is 6.10 Å². The van der Waals surface area contributed by atoms with Gasteiger partial charge in [0.25, 0.3) is 0 Å². The third-order valence-electron chi connectivity index (χ3n) is 3.02. The molecule has 0 spiro atoms. The largest absolute Gasteiger partial charge is 0.388 e. The van der Waals surface area contributed by atoms with Crippen LogP contribution in [0.1, 0.15) is 43.1 Å². The van der Waals surface area contributed by atoms with Gasteiger partial charge in [-0.05, 0) is 33.6 Å². The number of hydrogen-bond acceptors (Lipinski definition) is 3. The Hall–Kier alpha value is -0.780. The van der Waals surface area contributed by atoms with Gasteiger partial charge in [-0.2, -0.15) is 0 Å². The maximum atomic E-state index is 13.2. The van der Waals surface area contributed by atoms with Crippen molar-refractivity contribution in [2.75, 3.05) is 0 Å². The number of aliphatic hydroxyl groups excluding tert-OH is 1. The van der Waals surface area contributed by atoms with Crippen molar-refractivity contribution in [2.45, 2.75) is 38.7 Å². The summed E-state index contributed by atoms with van der Waals surface area (Å²) in [5, 5.41) is 13.1. The number of aliphatic hydroxyl groups is 1. The lowest BCUT2D eigenvalue weighted by Gasteiger charge is -2.14. The second-order valence-electron chi connectivity index (χ2n) is 5.77. The zero-order chi connectivity index (χ0) is 14.9. The van der Waals surface area contributed by atoms with E-state index in [4.69, 9.17) is 0 Å². The molecule has 0 fully saturated rings. The molecular weight excluding hydrogens is 341 g/mol. The van der Waals surface area contributed by atoms with E-state index >= 15 is 0 Å². The third-order valence-corrected chi connectivity index (χ3v) is 4.50. The molecule has 1 atom stereocenters. The number of aromatic nitrogens is 1. The molecule has 1 aromatic heterocycles. The van der Waals surface area contributed by atoms with Gasteiger partial charge in [0, 0.05) is 17.2 Å². The van der Waals surface area contributed by atoms with Crippen LogP contribution in [0.5, 0.6) is 0 Å². The van der Waals surface area contributed by atoms with E-state index in [-0.39, 0.29) is 11.2 Å². The fraction of sp³-hybridized carbons (Fsp3) is 0.400. The first kappa shape index (κ1) is 15.6. The fourth-order valence-corrected chi connectivity index (χ4v) is 3.21. The lowest BCUT2D eigenvalue weighted by molar-refractivity contribution is 0.178. The molecule has 2 rings (SSSR count). The molecule has 1 unspecified atom stereocenters. The summed E-state index contributed by atoms with van der Waals surface area (Å²) in [4.78, 5) is 4.56. The summed E-state index contributed by atoms with van der Waals surface area (Å²) in [5.41, 5.74) is 1.73. The summed E-state index contributed by atoms with van der Waals surface area (Å²) in [6.45, 7) is 6.33. The Morgan fingerprint density at radius 1 is 1.40 bits per heavy atom. The Balaban J connectivity index is 2.13. The smallest absolute Gasteiger partial charge is 0.137 e. The molecule has 0 saturated heterocycles. The van der Waals surface area contributed by atoms with Crippen LogP contribution in [0, 0.1) is 5.82 Å². The van der Waals surface area contributed by atoms with E-state index in [2.05, 4.69) is 41.7 Å². The van der Waals surface area contributed by atoms with Crippen LogP contribution < -0.4 is 0 Å². The molecule has 1 N–H and O–H groups in total. The minimum Gasteiger partial charge on any atom is -0.388 e. The highest BCUT2D eigenvalue weighted by atomic mass is 79.9. The van der Waals surface area contributed by atoms with Crippen LogP contribution in [-0.4, -0.2) is 10.1 Å². The molecule has 0 amide bonds. The highest BCUT2D eigenvalue weighted by Gasteiger charge is 2.19. The van der Waals surface area contributed by atoms with Gasteiger partial charge in [-0.25, -0.2) is 9.37 Å².